The fourth-order valence-electron chi connectivity index (χ4n) is 0.566. The normalized spacial score (nSPS) is 9.90. The molecule has 10 heavy (non-hydrogen) atoms. The van der Waals surface area contributed by atoms with Crippen molar-refractivity contribution in [2.75, 3.05) is 0 Å². The van der Waals surface area contributed by atoms with Crippen LogP contribution in [0.3, 0.4) is 0 Å². The first-order chi connectivity index (χ1) is 4.75. The number of nitrogens with zero attached hydrogens (tertiary/aromatic N) is 1. The Bertz CT molecular complexity index is 219. The van der Waals surface area contributed by atoms with E-state index >= 15 is 0 Å². The Hall–Kier alpha value is 0.460. The van der Waals surface area contributed by atoms with E-state index < -0.39 is 0 Å². The molecule has 0 aromatic carbocycles. The molecule has 1 nitrogen and oxygen atoms in total. The first-order valence-electron chi connectivity index (χ1n) is 2.59. The van der Waals surface area contributed by atoms with Gasteiger partial charge in [-0.2, -0.15) is 0 Å². The molecular formula is C6H4Cl2IN. The van der Waals surface area contributed by atoms with Gasteiger partial charge in [0.2, 0.25) is 0 Å². The zero-order chi connectivity index (χ0) is 7.56. The standard InChI is InChI=1S/C6H4Cl2IN/c7-5-2-10-3-6(8)4(5)1-9/h2-3H,1H2. The van der Waals surface area contributed by atoms with Gasteiger partial charge in [-0.25, -0.2) is 0 Å². The minimum Gasteiger partial charge on any atom is -0.262 e. The number of pyridine rings is 1. The summed E-state index contributed by atoms with van der Waals surface area (Å²) in [6.07, 6.45) is 3.20. The molecule has 0 amide bonds. The molecule has 0 spiro atoms. The SMILES string of the molecule is Clc1cncc(Cl)c1CI. The van der Waals surface area contributed by atoms with Gasteiger partial charge in [-0.05, 0) is 0 Å². The third kappa shape index (κ3) is 1.74. The number of hydrogen-bond donors (Lipinski definition) is 0. The average Bonchev–Trinajstić information content (AvgIpc) is 1.88. The molecule has 0 fully saturated rings. The molecule has 0 radical (unpaired) electrons. The predicted molar refractivity (Wildman–Crippen MR) is 52.0 cm³/mol. The Morgan fingerprint density at radius 3 is 2.10 bits per heavy atom. The number of aromatic nitrogens is 1. The lowest BCUT2D eigenvalue weighted by Crippen LogP contribution is -1.82. The van der Waals surface area contributed by atoms with E-state index in [1.807, 2.05) is 0 Å². The van der Waals surface area contributed by atoms with Crippen LogP contribution in [0.4, 0.5) is 0 Å². The molecule has 0 atom stereocenters. The Morgan fingerprint density at radius 1 is 1.30 bits per heavy atom. The molecule has 0 aliphatic heterocycles. The molecule has 1 rings (SSSR count). The van der Waals surface area contributed by atoms with Crippen LogP contribution in [0.1, 0.15) is 5.56 Å². The van der Waals surface area contributed by atoms with Gasteiger partial charge in [-0.15, -0.1) is 0 Å². The maximum absolute atomic E-state index is 5.78. The molecule has 0 aliphatic carbocycles. The number of halogens is 3. The molecule has 1 aromatic heterocycles. The van der Waals surface area contributed by atoms with E-state index in [2.05, 4.69) is 27.6 Å². The fourth-order valence-corrected chi connectivity index (χ4v) is 2.34. The van der Waals surface area contributed by atoms with Gasteiger partial charge in [0, 0.05) is 22.4 Å². The molecular weight excluding hydrogens is 284 g/mol. The second-order valence-corrected chi connectivity index (χ2v) is 3.29. The molecule has 0 aliphatic rings. The molecule has 0 N–H and O–H groups in total. The summed E-state index contributed by atoms with van der Waals surface area (Å²) in [6, 6.07) is 0. The monoisotopic (exact) mass is 287 g/mol. The van der Waals surface area contributed by atoms with Crippen molar-refractivity contribution in [2.45, 2.75) is 4.43 Å². The van der Waals surface area contributed by atoms with Crippen LogP contribution in [-0.4, -0.2) is 4.98 Å². The summed E-state index contributed by atoms with van der Waals surface area (Å²) in [5.74, 6) is 0. The summed E-state index contributed by atoms with van der Waals surface area (Å²) < 4.78 is 0.817. The van der Waals surface area contributed by atoms with Gasteiger partial charge >= 0.3 is 0 Å². The van der Waals surface area contributed by atoms with Crippen molar-refractivity contribution in [2.24, 2.45) is 0 Å². The summed E-state index contributed by atoms with van der Waals surface area (Å²) in [4.78, 5) is 3.83. The van der Waals surface area contributed by atoms with Gasteiger partial charge < -0.3 is 0 Å². The maximum atomic E-state index is 5.78. The molecule has 0 saturated heterocycles. The fraction of sp³-hybridized carbons (Fsp3) is 0.167. The zero-order valence-corrected chi connectivity index (χ0v) is 8.61. The molecule has 1 aromatic rings. The van der Waals surface area contributed by atoms with Crippen LogP contribution >= 0.6 is 45.8 Å². The Labute approximate surface area is 82.9 Å². The molecule has 0 unspecified atom stereocenters. The number of hydrogen-bond acceptors (Lipinski definition) is 1. The van der Waals surface area contributed by atoms with Crippen LogP contribution in [-0.2, 0) is 4.43 Å². The molecule has 0 saturated carbocycles. The first kappa shape index (κ1) is 8.56. The van der Waals surface area contributed by atoms with Crippen LogP contribution < -0.4 is 0 Å². The smallest absolute Gasteiger partial charge is 0.0643 e. The second-order valence-electron chi connectivity index (χ2n) is 1.72. The number of rotatable bonds is 1. The lowest BCUT2D eigenvalue weighted by molar-refractivity contribution is 1.28. The van der Waals surface area contributed by atoms with Gasteiger partial charge in [-0.1, -0.05) is 45.8 Å². The minimum atomic E-state index is 0.641. The van der Waals surface area contributed by atoms with Crippen molar-refractivity contribution >= 4 is 45.8 Å². The second kappa shape index (κ2) is 3.74. The molecule has 54 valence electrons. The topological polar surface area (TPSA) is 12.9 Å². The van der Waals surface area contributed by atoms with E-state index in [1.165, 1.54) is 0 Å². The van der Waals surface area contributed by atoms with E-state index in [9.17, 15) is 0 Å². The van der Waals surface area contributed by atoms with Crippen molar-refractivity contribution in [1.82, 2.24) is 4.98 Å². The Morgan fingerprint density at radius 2 is 1.80 bits per heavy atom. The highest BCUT2D eigenvalue weighted by Gasteiger charge is 2.02. The maximum Gasteiger partial charge on any atom is 0.0643 e. The van der Waals surface area contributed by atoms with Gasteiger partial charge in [-0.3, -0.25) is 4.98 Å². The minimum absolute atomic E-state index is 0.641. The molecule has 0 bridgehead atoms. The van der Waals surface area contributed by atoms with Crippen LogP contribution in [0, 0.1) is 0 Å². The highest BCUT2D eigenvalue weighted by atomic mass is 127. The van der Waals surface area contributed by atoms with E-state index in [1.54, 1.807) is 12.4 Å². The number of alkyl halides is 1. The van der Waals surface area contributed by atoms with E-state index in [-0.39, 0.29) is 0 Å². The van der Waals surface area contributed by atoms with Crippen molar-refractivity contribution < 1.29 is 0 Å². The molecule has 1 heterocycles. The summed E-state index contributed by atoms with van der Waals surface area (Å²) in [6.45, 7) is 0. The van der Waals surface area contributed by atoms with Crippen LogP contribution in [0.2, 0.25) is 10.0 Å². The van der Waals surface area contributed by atoms with Gasteiger partial charge in [0.05, 0.1) is 10.0 Å². The average molecular weight is 288 g/mol. The zero-order valence-electron chi connectivity index (χ0n) is 4.94. The predicted octanol–water partition coefficient (Wildman–Crippen LogP) is 3.32. The molecule has 4 heteroatoms. The third-order valence-corrected chi connectivity index (χ3v) is 2.50. The van der Waals surface area contributed by atoms with E-state index in [4.69, 9.17) is 23.2 Å². The van der Waals surface area contributed by atoms with Crippen molar-refractivity contribution in [3.63, 3.8) is 0 Å². The highest BCUT2D eigenvalue weighted by Crippen LogP contribution is 2.24. The Kier molecular flexibility index (Phi) is 3.20. The largest absolute Gasteiger partial charge is 0.262 e. The summed E-state index contributed by atoms with van der Waals surface area (Å²) in [5, 5.41) is 1.28. The highest BCUT2D eigenvalue weighted by molar-refractivity contribution is 14.1. The third-order valence-electron chi connectivity index (χ3n) is 1.09. The first-order valence-corrected chi connectivity index (χ1v) is 4.87. The Balaban J connectivity index is 3.17. The van der Waals surface area contributed by atoms with Gasteiger partial charge in [0.1, 0.15) is 0 Å². The summed E-state index contributed by atoms with van der Waals surface area (Å²) in [5.41, 5.74) is 0.957. The van der Waals surface area contributed by atoms with Crippen molar-refractivity contribution in [3.8, 4) is 0 Å². The lowest BCUT2D eigenvalue weighted by atomic mass is 10.3. The van der Waals surface area contributed by atoms with Crippen molar-refractivity contribution in [1.29, 1.82) is 0 Å². The van der Waals surface area contributed by atoms with Gasteiger partial charge in [0.15, 0.2) is 0 Å². The van der Waals surface area contributed by atoms with E-state index in [0.717, 1.165) is 9.99 Å². The van der Waals surface area contributed by atoms with Crippen LogP contribution in [0.5, 0.6) is 0 Å². The summed E-state index contributed by atoms with van der Waals surface area (Å²) in [7, 11) is 0. The van der Waals surface area contributed by atoms with E-state index in [0.29, 0.717) is 10.0 Å². The lowest BCUT2D eigenvalue weighted by Gasteiger charge is -1.99. The van der Waals surface area contributed by atoms with Crippen molar-refractivity contribution in [3.05, 3.63) is 28.0 Å². The quantitative estimate of drug-likeness (QED) is 0.570. The van der Waals surface area contributed by atoms with Crippen LogP contribution in [0.25, 0.3) is 0 Å². The van der Waals surface area contributed by atoms with Crippen LogP contribution in [0.15, 0.2) is 12.4 Å². The van der Waals surface area contributed by atoms with Gasteiger partial charge in [0.25, 0.3) is 0 Å². The summed E-state index contributed by atoms with van der Waals surface area (Å²) >= 11 is 13.8.